The second-order valence-corrected chi connectivity index (χ2v) is 7.37. The molecule has 0 spiro atoms. The number of hydrogen-bond donors (Lipinski definition) is 0. The number of carbonyl (C=O) groups is 1. The van der Waals surface area contributed by atoms with Crippen molar-refractivity contribution in [3.8, 4) is 0 Å². The van der Waals surface area contributed by atoms with Crippen LogP contribution in [0.15, 0.2) is 24.5 Å². The van der Waals surface area contributed by atoms with Crippen LogP contribution in [-0.4, -0.2) is 66.0 Å². The molecule has 0 unspecified atom stereocenters. The molecule has 0 bridgehead atoms. The Balaban J connectivity index is 1.37. The molecule has 1 aromatic heterocycles. The number of piperazine rings is 1. The number of rotatable bonds is 2. The Morgan fingerprint density at radius 1 is 0.917 bits per heavy atom. The summed E-state index contributed by atoms with van der Waals surface area (Å²) in [6.45, 7) is 5.96. The molecule has 3 aliphatic heterocycles. The van der Waals surface area contributed by atoms with Gasteiger partial charge in [-0.1, -0.05) is 6.42 Å². The molecule has 130 valence electrons. The second-order valence-electron chi connectivity index (χ2n) is 7.37. The van der Waals surface area contributed by atoms with Crippen LogP contribution in [0.25, 0.3) is 0 Å². The molecule has 24 heavy (non-hydrogen) atoms. The molecule has 0 aromatic carbocycles. The average molecular weight is 328 g/mol. The predicted molar refractivity (Wildman–Crippen MR) is 95.0 cm³/mol. The predicted octanol–water partition coefficient (Wildman–Crippen LogP) is 1.99. The standard InChI is InChI=1S/C19H28N4O/c24-19(17-4-3-11-22-10-2-1-5-18(17)22)23-14-12-21(13-15-23)16-6-8-20-9-7-16/h6-9,17-18H,1-5,10-15H2/t17-,18-/m1/s1. The fourth-order valence-corrected chi connectivity index (χ4v) is 4.72. The maximum absolute atomic E-state index is 13.1. The van der Waals surface area contributed by atoms with E-state index in [1.165, 1.54) is 44.5 Å². The van der Waals surface area contributed by atoms with Crippen molar-refractivity contribution in [3.05, 3.63) is 24.5 Å². The van der Waals surface area contributed by atoms with Crippen LogP contribution in [0.2, 0.25) is 0 Å². The summed E-state index contributed by atoms with van der Waals surface area (Å²) in [7, 11) is 0. The van der Waals surface area contributed by atoms with Gasteiger partial charge in [0.1, 0.15) is 0 Å². The van der Waals surface area contributed by atoms with E-state index in [0.717, 1.165) is 32.6 Å². The van der Waals surface area contributed by atoms with Crippen molar-refractivity contribution < 1.29 is 4.79 Å². The summed E-state index contributed by atoms with van der Waals surface area (Å²) >= 11 is 0. The van der Waals surface area contributed by atoms with Crippen molar-refractivity contribution in [1.29, 1.82) is 0 Å². The number of pyridine rings is 1. The topological polar surface area (TPSA) is 39.7 Å². The van der Waals surface area contributed by atoms with Gasteiger partial charge in [-0.2, -0.15) is 0 Å². The third-order valence-electron chi connectivity index (χ3n) is 6.03. The van der Waals surface area contributed by atoms with Crippen molar-refractivity contribution in [3.63, 3.8) is 0 Å². The van der Waals surface area contributed by atoms with Crippen LogP contribution in [0.5, 0.6) is 0 Å². The first-order valence-electron chi connectivity index (χ1n) is 9.51. The molecule has 3 aliphatic rings. The first kappa shape index (κ1) is 15.9. The second kappa shape index (κ2) is 7.09. The number of amides is 1. The molecule has 4 heterocycles. The SMILES string of the molecule is O=C([C@@H]1CCCN2CCCC[C@H]12)N1CCN(c2ccncc2)CC1. The molecule has 4 rings (SSSR count). The number of hydrogen-bond acceptors (Lipinski definition) is 4. The van der Waals surface area contributed by atoms with Crippen LogP contribution < -0.4 is 4.90 Å². The van der Waals surface area contributed by atoms with E-state index < -0.39 is 0 Å². The Hall–Kier alpha value is -1.62. The molecule has 2 atom stereocenters. The maximum Gasteiger partial charge on any atom is 0.227 e. The van der Waals surface area contributed by atoms with E-state index in [-0.39, 0.29) is 5.92 Å². The first-order valence-corrected chi connectivity index (χ1v) is 9.51. The fourth-order valence-electron chi connectivity index (χ4n) is 4.72. The lowest BCUT2D eigenvalue weighted by Gasteiger charge is -2.46. The number of piperidine rings is 2. The highest BCUT2D eigenvalue weighted by atomic mass is 16.2. The van der Waals surface area contributed by atoms with Gasteiger partial charge < -0.3 is 9.80 Å². The zero-order valence-electron chi connectivity index (χ0n) is 14.4. The van der Waals surface area contributed by atoms with Crippen LogP contribution >= 0.6 is 0 Å². The summed E-state index contributed by atoms with van der Waals surface area (Å²) in [5.74, 6) is 0.660. The Kier molecular flexibility index (Phi) is 4.69. The minimum Gasteiger partial charge on any atom is -0.368 e. The molecule has 3 saturated heterocycles. The third-order valence-corrected chi connectivity index (χ3v) is 6.03. The van der Waals surface area contributed by atoms with Gasteiger partial charge in [0.25, 0.3) is 0 Å². The van der Waals surface area contributed by atoms with Crippen LogP contribution in [0, 0.1) is 5.92 Å². The van der Waals surface area contributed by atoms with Gasteiger partial charge in [-0.15, -0.1) is 0 Å². The highest BCUT2D eigenvalue weighted by Crippen LogP contribution is 2.32. The number of fused-ring (bicyclic) bond motifs is 1. The average Bonchev–Trinajstić information content (AvgIpc) is 2.68. The Bertz CT molecular complexity index is 554. The van der Waals surface area contributed by atoms with E-state index >= 15 is 0 Å². The molecule has 5 nitrogen and oxygen atoms in total. The van der Waals surface area contributed by atoms with Gasteiger partial charge in [-0.3, -0.25) is 14.7 Å². The lowest BCUT2D eigenvalue weighted by Crippen LogP contribution is -2.56. The third kappa shape index (κ3) is 3.14. The van der Waals surface area contributed by atoms with Crippen LogP contribution in [0.1, 0.15) is 32.1 Å². The lowest BCUT2D eigenvalue weighted by atomic mass is 9.82. The molecule has 0 radical (unpaired) electrons. The zero-order chi connectivity index (χ0) is 16.4. The van der Waals surface area contributed by atoms with E-state index in [9.17, 15) is 4.79 Å². The molecule has 1 amide bonds. The van der Waals surface area contributed by atoms with Crippen molar-refractivity contribution in [2.24, 2.45) is 5.92 Å². The smallest absolute Gasteiger partial charge is 0.227 e. The molecule has 0 saturated carbocycles. The highest BCUT2D eigenvalue weighted by molar-refractivity contribution is 5.80. The molecule has 0 aliphatic carbocycles. The van der Waals surface area contributed by atoms with E-state index in [1.54, 1.807) is 0 Å². The van der Waals surface area contributed by atoms with Crippen molar-refractivity contribution in [2.45, 2.75) is 38.1 Å². The Labute approximate surface area is 144 Å². The minimum absolute atomic E-state index is 0.242. The van der Waals surface area contributed by atoms with Gasteiger partial charge in [0.2, 0.25) is 5.91 Å². The molecule has 1 aromatic rings. The summed E-state index contributed by atoms with van der Waals surface area (Å²) < 4.78 is 0. The fraction of sp³-hybridized carbons (Fsp3) is 0.684. The van der Waals surface area contributed by atoms with Crippen molar-refractivity contribution in [2.75, 3.05) is 44.2 Å². The van der Waals surface area contributed by atoms with Crippen LogP contribution in [0.3, 0.4) is 0 Å². The van der Waals surface area contributed by atoms with Gasteiger partial charge in [0.15, 0.2) is 0 Å². The first-order chi connectivity index (χ1) is 11.8. The van der Waals surface area contributed by atoms with E-state index in [2.05, 4.69) is 31.8 Å². The number of carbonyl (C=O) groups excluding carboxylic acids is 1. The maximum atomic E-state index is 13.1. The summed E-state index contributed by atoms with van der Waals surface area (Å²) in [4.78, 5) is 24.3. The van der Waals surface area contributed by atoms with Gasteiger partial charge in [0.05, 0.1) is 5.92 Å². The molecule has 0 N–H and O–H groups in total. The largest absolute Gasteiger partial charge is 0.368 e. The summed E-state index contributed by atoms with van der Waals surface area (Å²) in [6, 6.07) is 4.62. The Morgan fingerprint density at radius 3 is 2.46 bits per heavy atom. The zero-order valence-corrected chi connectivity index (χ0v) is 14.4. The summed E-state index contributed by atoms with van der Waals surface area (Å²) in [6.07, 6.45) is 9.77. The monoisotopic (exact) mass is 328 g/mol. The molecule has 5 heteroatoms. The summed E-state index contributed by atoms with van der Waals surface area (Å²) in [5, 5.41) is 0. The van der Waals surface area contributed by atoms with Gasteiger partial charge in [-0.25, -0.2) is 0 Å². The van der Waals surface area contributed by atoms with Gasteiger partial charge in [0, 0.05) is 50.3 Å². The van der Waals surface area contributed by atoms with E-state index in [4.69, 9.17) is 0 Å². The highest BCUT2D eigenvalue weighted by Gasteiger charge is 2.39. The number of nitrogens with zero attached hydrogens (tertiary/aromatic N) is 4. The molecule has 3 fully saturated rings. The van der Waals surface area contributed by atoms with Gasteiger partial charge in [-0.05, 0) is 50.9 Å². The molecular weight excluding hydrogens is 300 g/mol. The summed E-state index contributed by atoms with van der Waals surface area (Å²) in [5.41, 5.74) is 1.22. The van der Waals surface area contributed by atoms with Crippen LogP contribution in [-0.2, 0) is 4.79 Å². The molecular formula is C19H28N4O. The van der Waals surface area contributed by atoms with E-state index in [1.807, 2.05) is 12.4 Å². The van der Waals surface area contributed by atoms with Crippen molar-refractivity contribution in [1.82, 2.24) is 14.8 Å². The number of anilines is 1. The Morgan fingerprint density at radius 2 is 1.67 bits per heavy atom. The van der Waals surface area contributed by atoms with Crippen LogP contribution in [0.4, 0.5) is 5.69 Å². The number of aromatic nitrogens is 1. The van der Waals surface area contributed by atoms with Gasteiger partial charge >= 0.3 is 0 Å². The minimum atomic E-state index is 0.242. The van der Waals surface area contributed by atoms with E-state index in [0.29, 0.717) is 11.9 Å². The normalized spacial score (nSPS) is 28.5. The quantitative estimate of drug-likeness (QED) is 0.832. The lowest BCUT2D eigenvalue weighted by molar-refractivity contribution is -0.140. The van der Waals surface area contributed by atoms with Crippen molar-refractivity contribution >= 4 is 11.6 Å².